The average Bonchev–Trinajstić information content (AvgIpc) is 2.53. The van der Waals surface area contributed by atoms with Gasteiger partial charge in [-0.2, -0.15) is 0 Å². The summed E-state index contributed by atoms with van der Waals surface area (Å²) in [5.41, 5.74) is 1.62. The largest absolute Gasteiger partial charge is 0.482 e. The van der Waals surface area contributed by atoms with E-state index in [4.69, 9.17) is 27.9 Å². The van der Waals surface area contributed by atoms with Gasteiger partial charge in [-0.1, -0.05) is 29.3 Å². The summed E-state index contributed by atoms with van der Waals surface area (Å²) in [5.74, 6) is 0.0927. The van der Waals surface area contributed by atoms with Gasteiger partial charge in [-0.3, -0.25) is 9.59 Å². The Morgan fingerprint density at radius 3 is 2.78 bits per heavy atom. The first-order valence-corrected chi connectivity index (χ1v) is 7.53. The maximum Gasteiger partial charge on any atom is 0.262 e. The quantitative estimate of drug-likeness (QED) is 0.667. The molecular weight excluding hydrogens is 337 g/mol. The van der Waals surface area contributed by atoms with E-state index in [1.807, 2.05) is 0 Å². The molecule has 0 spiro atoms. The Morgan fingerprint density at radius 1 is 1.17 bits per heavy atom. The van der Waals surface area contributed by atoms with E-state index in [2.05, 4.69) is 5.32 Å². The molecule has 6 heteroatoms. The number of anilines is 1. The number of allylic oxidation sites excluding steroid dienone is 1. The van der Waals surface area contributed by atoms with Crippen molar-refractivity contribution in [1.29, 1.82) is 0 Å². The number of amides is 1. The molecule has 0 bridgehead atoms. The molecule has 0 saturated carbocycles. The molecule has 2 aromatic carbocycles. The molecule has 1 heterocycles. The van der Waals surface area contributed by atoms with Crippen LogP contribution in [0, 0.1) is 0 Å². The Morgan fingerprint density at radius 2 is 2.00 bits per heavy atom. The number of fused-ring (bicyclic) bond motifs is 1. The highest BCUT2D eigenvalue weighted by Crippen LogP contribution is 2.29. The number of carbonyl (C=O) groups is 2. The first-order chi connectivity index (χ1) is 11.0. The molecule has 3 rings (SSSR count). The van der Waals surface area contributed by atoms with Crippen molar-refractivity contribution in [2.45, 2.75) is 0 Å². The lowest BCUT2D eigenvalue weighted by Crippen LogP contribution is -2.25. The summed E-state index contributed by atoms with van der Waals surface area (Å²) in [6.07, 6.45) is 3.04. The molecule has 1 aliphatic heterocycles. The van der Waals surface area contributed by atoms with E-state index >= 15 is 0 Å². The molecule has 23 heavy (non-hydrogen) atoms. The van der Waals surface area contributed by atoms with Gasteiger partial charge in [-0.15, -0.1) is 0 Å². The Kier molecular flexibility index (Phi) is 4.37. The first-order valence-electron chi connectivity index (χ1n) is 6.77. The Balaban J connectivity index is 1.82. The van der Waals surface area contributed by atoms with Crippen molar-refractivity contribution in [3.05, 3.63) is 63.6 Å². The fraction of sp³-hybridized carbons (Fsp3) is 0.0588. The summed E-state index contributed by atoms with van der Waals surface area (Å²) >= 11 is 11.9. The number of halogens is 2. The van der Waals surface area contributed by atoms with Crippen molar-refractivity contribution in [2.75, 3.05) is 11.9 Å². The lowest BCUT2D eigenvalue weighted by atomic mass is 10.1. The summed E-state index contributed by atoms with van der Waals surface area (Å²) in [4.78, 5) is 23.6. The highest BCUT2D eigenvalue weighted by atomic mass is 35.5. The molecule has 0 saturated heterocycles. The van der Waals surface area contributed by atoms with Crippen LogP contribution in [0.25, 0.3) is 6.08 Å². The van der Waals surface area contributed by atoms with Crippen LogP contribution in [0.4, 0.5) is 5.69 Å². The molecule has 0 fully saturated rings. The number of nitrogens with one attached hydrogen (secondary N) is 1. The van der Waals surface area contributed by atoms with E-state index in [0.29, 0.717) is 32.6 Å². The van der Waals surface area contributed by atoms with E-state index in [-0.39, 0.29) is 18.3 Å². The summed E-state index contributed by atoms with van der Waals surface area (Å²) < 4.78 is 5.26. The maximum atomic E-state index is 12.3. The predicted molar refractivity (Wildman–Crippen MR) is 90.4 cm³/mol. The molecular formula is C17H11Cl2NO3. The molecule has 1 amide bonds. The van der Waals surface area contributed by atoms with Crippen LogP contribution in [-0.2, 0) is 4.79 Å². The number of ether oxygens (including phenoxy) is 1. The summed E-state index contributed by atoms with van der Waals surface area (Å²) in [5, 5.41) is 3.67. The van der Waals surface area contributed by atoms with Gasteiger partial charge in [0, 0.05) is 15.6 Å². The van der Waals surface area contributed by atoms with Crippen LogP contribution in [0.2, 0.25) is 10.0 Å². The highest BCUT2D eigenvalue weighted by molar-refractivity contribution is 6.35. The minimum absolute atomic E-state index is 0.0186. The maximum absolute atomic E-state index is 12.3. The molecule has 1 N–H and O–H groups in total. The van der Waals surface area contributed by atoms with Crippen molar-refractivity contribution >= 4 is 46.7 Å². The molecule has 0 unspecified atom stereocenters. The standard InChI is InChI=1S/C17H11Cl2NO3/c18-12-4-1-10(13(19)8-12)2-5-15(21)11-3-6-16-14(7-11)20-17(22)9-23-16/h1-8H,9H2,(H,20,22). The third kappa shape index (κ3) is 3.55. The van der Waals surface area contributed by atoms with Crippen LogP contribution in [-0.4, -0.2) is 18.3 Å². The lowest BCUT2D eigenvalue weighted by Gasteiger charge is -2.17. The molecule has 0 aliphatic carbocycles. The number of hydrogen-bond acceptors (Lipinski definition) is 3. The van der Waals surface area contributed by atoms with Crippen LogP contribution in [0.1, 0.15) is 15.9 Å². The predicted octanol–water partition coefficient (Wildman–Crippen LogP) is 4.22. The zero-order valence-electron chi connectivity index (χ0n) is 11.8. The van der Waals surface area contributed by atoms with E-state index < -0.39 is 0 Å². The second-order valence-electron chi connectivity index (χ2n) is 4.91. The fourth-order valence-corrected chi connectivity index (χ4v) is 2.61. The monoisotopic (exact) mass is 347 g/mol. The van der Waals surface area contributed by atoms with E-state index in [1.165, 1.54) is 6.08 Å². The molecule has 0 aromatic heterocycles. The smallest absolute Gasteiger partial charge is 0.262 e. The van der Waals surface area contributed by atoms with Gasteiger partial charge in [-0.25, -0.2) is 0 Å². The minimum Gasteiger partial charge on any atom is -0.482 e. The number of rotatable bonds is 3. The Hall–Kier alpha value is -2.30. The number of ketones is 1. The van der Waals surface area contributed by atoms with Crippen molar-refractivity contribution in [2.24, 2.45) is 0 Å². The Labute approximate surface area is 142 Å². The Bertz CT molecular complexity index is 831. The topological polar surface area (TPSA) is 55.4 Å². The van der Waals surface area contributed by atoms with Gasteiger partial charge in [0.05, 0.1) is 5.69 Å². The lowest BCUT2D eigenvalue weighted by molar-refractivity contribution is -0.118. The SMILES string of the molecule is O=C1COc2ccc(C(=O)C=Cc3ccc(Cl)cc3Cl)cc2N1. The van der Waals surface area contributed by atoms with Crippen LogP contribution >= 0.6 is 23.2 Å². The second kappa shape index (κ2) is 6.44. The van der Waals surface area contributed by atoms with Crippen molar-refractivity contribution in [1.82, 2.24) is 0 Å². The van der Waals surface area contributed by atoms with Gasteiger partial charge in [0.1, 0.15) is 5.75 Å². The zero-order chi connectivity index (χ0) is 16.4. The van der Waals surface area contributed by atoms with Gasteiger partial charge in [0.2, 0.25) is 0 Å². The van der Waals surface area contributed by atoms with E-state index in [1.54, 1.807) is 42.5 Å². The van der Waals surface area contributed by atoms with Crippen LogP contribution in [0.3, 0.4) is 0 Å². The number of benzene rings is 2. The summed E-state index contributed by atoms with van der Waals surface area (Å²) in [6, 6.07) is 9.93. The number of hydrogen-bond donors (Lipinski definition) is 1. The normalized spacial score (nSPS) is 13.4. The molecule has 1 aliphatic rings. The van der Waals surface area contributed by atoms with Gasteiger partial charge < -0.3 is 10.1 Å². The minimum atomic E-state index is -0.245. The van der Waals surface area contributed by atoms with Crippen molar-refractivity contribution < 1.29 is 14.3 Å². The summed E-state index contributed by atoms with van der Waals surface area (Å²) in [7, 11) is 0. The van der Waals surface area contributed by atoms with Gasteiger partial charge in [0.15, 0.2) is 12.4 Å². The van der Waals surface area contributed by atoms with E-state index in [9.17, 15) is 9.59 Å². The average molecular weight is 348 g/mol. The third-order valence-electron chi connectivity index (χ3n) is 3.27. The second-order valence-corrected chi connectivity index (χ2v) is 5.75. The fourth-order valence-electron chi connectivity index (χ4n) is 2.13. The summed E-state index contributed by atoms with van der Waals surface area (Å²) in [6.45, 7) is -0.0186. The highest BCUT2D eigenvalue weighted by Gasteiger charge is 2.17. The van der Waals surface area contributed by atoms with Crippen molar-refractivity contribution in [3.63, 3.8) is 0 Å². The molecule has 0 atom stereocenters. The van der Waals surface area contributed by atoms with Crippen molar-refractivity contribution in [3.8, 4) is 5.75 Å². The van der Waals surface area contributed by atoms with Crippen LogP contribution in [0.15, 0.2) is 42.5 Å². The van der Waals surface area contributed by atoms with Gasteiger partial charge in [0.25, 0.3) is 5.91 Å². The van der Waals surface area contributed by atoms with Crippen LogP contribution < -0.4 is 10.1 Å². The van der Waals surface area contributed by atoms with Gasteiger partial charge in [-0.05, 0) is 48.0 Å². The molecule has 116 valence electrons. The zero-order valence-corrected chi connectivity index (χ0v) is 13.3. The molecule has 2 aromatic rings. The molecule has 0 radical (unpaired) electrons. The molecule has 4 nitrogen and oxygen atoms in total. The third-order valence-corrected chi connectivity index (χ3v) is 3.84. The van der Waals surface area contributed by atoms with Crippen LogP contribution in [0.5, 0.6) is 5.75 Å². The number of carbonyl (C=O) groups excluding carboxylic acids is 2. The van der Waals surface area contributed by atoms with E-state index in [0.717, 1.165) is 0 Å². The van der Waals surface area contributed by atoms with Gasteiger partial charge >= 0.3 is 0 Å². The first kappa shape index (κ1) is 15.6.